The molecule has 27 heavy (non-hydrogen) atoms. The number of aliphatic hydroxyl groups is 4. The Morgan fingerprint density at radius 3 is 2.37 bits per heavy atom. The molecule has 1 fully saturated rings. The molecular weight excluding hydrogens is 357 g/mol. The van der Waals surface area contributed by atoms with Gasteiger partial charge in [0.2, 0.25) is 0 Å². The summed E-state index contributed by atoms with van der Waals surface area (Å²) in [6.45, 7) is -0.586. The largest absolute Gasteiger partial charge is 0.394 e. The van der Waals surface area contributed by atoms with Crippen molar-refractivity contribution < 1.29 is 34.3 Å². The molecule has 1 heterocycles. The van der Waals surface area contributed by atoms with Gasteiger partial charge in [0.25, 0.3) is 5.91 Å². The molecule has 2 aromatic rings. The highest BCUT2D eigenvalue weighted by Crippen LogP contribution is 2.22. The van der Waals surface area contributed by atoms with Crippen molar-refractivity contribution in [2.24, 2.45) is 0 Å². The van der Waals surface area contributed by atoms with Crippen molar-refractivity contribution in [3.05, 3.63) is 59.9 Å². The van der Waals surface area contributed by atoms with Gasteiger partial charge in [-0.15, -0.1) is 0 Å². The van der Waals surface area contributed by atoms with E-state index in [-0.39, 0.29) is 11.4 Å². The van der Waals surface area contributed by atoms with Gasteiger partial charge in [-0.25, -0.2) is 4.39 Å². The highest BCUT2D eigenvalue weighted by molar-refractivity contribution is 5.95. The Morgan fingerprint density at radius 2 is 1.70 bits per heavy atom. The molecule has 8 heteroatoms. The van der Waals surface area contributed by atoms with Crippen molar-refractivity contribution in [1.29, 1.82) is 0 Å². The molecular formula is C19H20FNO6. The average molecular weight is 377 g/mol. The van der Waals surface area contributed by atoms with Crippen LogP contribution in [0.15, 0.2) is 48.5 Å². The van der Waals surface area contributed by atoms with Gasteiger partial charge in [0, 0.05) is 5.56 Å². The minimum atomic E-state index is -1.58. The number of carbonyl (C=O) groups excluding carboxylic acids is 1. The monoisotopic (exact) mass is 377 g/mol. The molecule has 1 aliphatic heterocycles. The highest BCUT2D eigenvalue weighted by Gasteiger charge is 2.44. The quantitative estimate of drug-likeness (QED) is 0.513. The number of aliphatic hydroxyl groups excluding tert-OH is 4. The van der Waals surface area contributed by atoms with E-state index in [0.717, 1.165) is 5.56 Å². The third kappa shape index (κ3) is 4.15. The van der Waals surface area contributed by atoms with Gasteiger partial charge >= 0.3 is 0 Å². The van der Waals surface area contributed by atoms with Crippen LogP contribution >= 0.6 is 0 Å². The first-order valence-corrected chi connectivity index (χ1v) is 8.38. The molecule has 0 spiro atoms. The van der Waals surface area contributed by atoms with Crippen LogP contribution in [0.3, 0.4) is 0 Å². The van der Waals surface area contributed by atoms with Gasteiger partial charge in [0.05, 0.1) is 6.61 Å². The van der Waals surface area contributed by atoms with Crippen LogP contribution in [0.1, 0.15) is 10.4 Å². The van der Waals surface area contributed by atoms with Crippen molar-refractivity contribution in [2.45, 2.75) is 30.6 Å². The van der Waals surface area contributed by atoms with Gasteiger partial charge in [-0.05, 0) is 35.4 Å². The third-order valence-electron chi connectivity index (χ3n) is 4.47. The third-order valence-corrected chi connectivity index (χ3v) is 4.47. The van der Waals surface area contributed by atoms with E-state index in [2.05, 4.69) is 5.32 Å². The molecule has 0 bridgehead atoms. The minimum absolute atomic E-state index is 0.258. The van der Waals surface area contributed by atoms with E-state index in [4.69, 9.17) is 4.74 Å². The van der Waals surface area contributed by atoms with Crippen molar-refractivity contribution in [3.8, 4) is 11.1 Å². The van der Waals surface area contributed by atoms with Crippen LogP contribution in [0.4, 0.5) is 4.39 Å². The number of rotatable bonds is 4. The normalized spacial score (nSPS) is 28.0. The van der Waals surface area contributed by atoms with Crippen molar-refractivity contribution in [3.63, 3.8) is 0 Å². The van der Waals surface area contributed by atoms with E-state index in [1.54, 1.807) is 36.4 Å². The number of amides is 1. The lowest BCUT2D eigenvalue weighted by Gasteiger charge is -2.40. The highest BCUT2D eigenvalue weighted by atomic mass is 19.1. The fourth-order valence-electron chi connectivity index (χ4n) is 2.92. The zero-order chi connectivity index (χ0) is 19.6. The second-order valence-corrected chi connectivity index (χ2v) is 6.31. The summed E-state index contributed by atoms with van der Waals surface area (Å²) in [5, 5.41) is 41.2. The first kappa shape index (κ1) is 19.4. The van der Waals surface area contributed by atoms with Gasteiger partial charge in [-0.1, -0.05) is 24.3 Å². The number of hydrogen-bond donors (Lipinski definition) is 5. The molecule has 0 saturated carbocycles. The van der Waals surface area contributed by atoms with E-state index in [0.29, 0.717) is 5.56 Å². The Balaban J connectivity index is 1.76. The Morgan fingerprint density at radius 1 is 1.00 bits per heavy atom. The maximum absolute atomic E-state index is 13.1. The number of carbonyl (C=O) groups is 1. The second-order valence-electron chi connectivity index (χ2n) is 6.31. The molecule has 3 rings (SSSR count). The molecule has 5 N–H and O–H groups in total. The number of hydrogen-bond acceptors (Lipinski definition) is 6. The van der Waals surface area contributed by atoms with Crippen LogP contribution in [-0.4, -0.2) is 63.6 Å². The van der Waals surface area contributed by atoms with Crippen LogP contribution in [-0.2, 0) is 4.74 Å². The molecule has 1 saturated heterocycles. The second kappa shape index (κ2) is 8.12. The van der Waals surface area contributed by atoms with Crippen LogP contribution in [0.5, 0.6) is 0 Å². The number of nitrogens with one attached hydrogen (secondary N) is 1. The molecule has 0 unspecified atom stereocenters. The summed E-state index contributed by atoms with van der Waals surface area (Å²) < 4.78 is 18.3. The Hall–Kier alpha value is -2.36. The predicted octanol–water partition coefficient (Wildman–Crippen LogP) is 0.0224. The lowest BCUT2D eigenvalue weighted by atomic mass is 9.98. The van der Waals surface area contributed by atoms with Crippen molar-refractivity contribution >= 4 is 5.91 Å². The zero-order valence-electron chi connectivity index (χ0n) is 14.2. The zero-order valence-corrected chi connectivity index (χ0v) is 14.2. The molecule has 5 atom stereocenters. The molecule has 0 aromatic heterocycles. The minimum Gasteiger partial charge on any atom is -0.394 e. The Kier molecular flexibility index (Phi) is 5.83. The fraction of sp³-hybridized carbons (Fsp3) is 0.316. The predicted molar refractivity (Wildman–Crippen MR) is 93.1 cm³/mol. The summed E-state index contributed by atoms with van der Waals surface area (Å²) in [7, 11) is 0. The van der Waals surface area contributed by atoms with Crippen LogP contribution in [0.25, 0.3) is 11.1 Å². The van der Waals surface area contributed by atoms with E-state index in [9.17, 15) is 29.6 Å². The Labute approximate surface area is 154 Å². The standard InChI is InChI=1S/C19H20FNO6/c20-13-6-4-10(5-7-13)11-2-1-3-12(8-11)18(26)21-19-17(25)16(24)15(23)14(9-22)27-19/h1-8,14-17,19,22-25H,9H2,(H,21,26)/t14-,15-,16+,17-,19-/m1/s1. The molecule has 0 radical (unpaired) electrons. The number of benzene rings is 2. The SMILES string of the molecule is O=C(N[C@@H]1O[C@H](CO)[C@@H](O)[C@H](O)[C@H]1O)c1cccc(-c2ccc(F)cc2)c1. The summed E-state index contributed by atoms with van der Waals surface area (Å²) in [4.78, 5) is 12.5. The van der Waals surface area contributed by atoms with E-state index in [1.807, 2.05) is 0 Å². The van der Waals surface area contributed by atoms with Crippen molar-refractivity contribution in [2.75, 3.05) is 6.61 Å². The lowest BCUT2D eigenvalue weighted by molar-refractivity contribution is -0.233. The molecule has 2 aromatic carbocycles. The van der Waals surface area contributed by atoms with Gasteiger partial charge in [-0.3, -0.25) is 4.79 Å². The lowest BCUT2D eigenvalue weighted by Crippen LogP contribution is -2.63. The summed E-state index contributed by atoms with van der Waals surface area (Å²) in [5.41, 5.74) is 1.67. The molecule has 0 aliphatic carbocycles. The maximum atomic E-state index is 13.1. The topological polar surface area (TPSA) is 119 Å². The first-order chi connectivity index (χ1) is 12.9. The van der Waals surface area contributed by atoms with Gasteiger partial charge in [0.1, 0.15) is 30.2 Å². The van der Waals surface area contributed by atoms with Crippen LogP contribution < -0.4 is 5.32 Å². The van der Waals surface area contributed by atoms with E-state index in [1.165, 1.54) is 12.1 Å². The maximum Gasteiger partial charge on any atom is 0.253 e. The molecule has 1 amide bonds. The number of halogens is 1. The summed E-state index contributed by atoms with van der Waals surface area (Å²) in [6, 6.07) is 12.4. The van der Waals surface area contributed by atoms with Crippen molar-refractivity contribution in [1.82, 2.24) is 5.32 Å². The summed E-state index contributed by atoms with van der Waals surface area (Å²) in [6.07, 6.45) is -7.06. The smallest absolute Gasteiger partial charge is 0.253 e. The van der Waals surface area contributed by atoms with E-state index < -0.39 is 43.2 Å². The first-order valence-electron chi connectivity index (χ1n) is 8.38. The summed E-state index contributed by atoms with van der Waals surface area (Å²) in [5.74, 6) is -0.946. The van der Waals surface area contributed by atoms with Gasteiger partial charge < -0.3 is 30.5 Å². The summed E-state index contributed by atoms with van der Waals surface area (Å²) >= 11 is 0. The average Bonchev–Trinajstić information content (AvgIpc) is 2.69. The Bertz CT molecular complexity index is 797. The molecule has 7 nitrogen and oxygen atoms in total. The molecule has 1 aliphatic rings. The molecule has 144 valence electrons. The van der Waals surface area contributed by atoms with Crippen LogP contribution in [0, 0.1) is 5.82 Å². The number of ether oxygens (including phenoxy) is 1. The van der Waals surface area contributed by atoms with Gasteiger partial charge in [-0.2, -0.15) is 0 Å². The van der Waals surface area contributed by atoms with Crippen LogP contribution in [0.2, 0.25) is 0 Å². The fourth-order valence-corrected chi connectivity index (χ4v) is 2.92. The van der Waals surface area contributed by atoms with Gasteiger partial charge in [0.15, 0.2) is 6.23 Å². The van der Waals surface area contributed by atoms with E-state index >= 15 is 0 Å².